The molecule has 1 atom stereocenters. The van der Waals surface area contributed by atoms with Crippen LogP contribution in [0.2, 0.25) is 0 Å². The highest BCUT2D eigenvalue weighted by atomic mass is 16.2. The number of rotatable bonds is 3. The fraction of sp³-hybridized carbons (Fsp3) is 0.474. The van der Waals surface area contributed by atoms with Crippen LogP contribution in [0.4, 0.5) is 5.82 Å². The molecule has 4 rings (SSSR count). The van der Waals surface area contributed by atoms with Crippen molar-refractivity contribution in [2.75, 3.05) is 5.32 Å². The van der Waals surface area contributed by atoms with E-state index in [4.69, 9.17) is 0 Å². The number of amides is 1. The SMILES string of the molecule is CC1CC(=O)NN=C1c1ccc2c(NC3CCCCC3)ncnc2c1. The number of nitrogens with one attached hydrogen (secondary N) is 2. The van der Waals surface area contributed by atoms with Crippen molar-refractivity contribution in [1.29, 1.82) is 0 Å². The largest absolute Gasteiger partial charge is 0.367 e. The quantitative estimate of drug-likeness (QED) is 0.901. The van der Waals surface area contributed by atoms with Crippen LogP contribution in [0.5, 0.6) is 0 Å². The summed E-state index contributed by atoms with van der Waals surface area (Å²) in [6, 6.07) is 6.64. The molecule has 2 N–H and O–H groups in total. The van der Waals surface area contributed by atoms with E-state index >= 15 is 0 Å². The summed E-state index contributed by atoms with van der Waals surface area (Å²) in [5, 5.41) is 8.87. The van der Waals surface area contributed by atoms with Gasteiger partial charge in [-0.2, -0.15) is 5.10 Å². The molecular formula is C19H23N5O. The van der Waals surface area contributed by atoms with Gasteiger partial charge < -0.3 is 5.32 Å². The van der Waals surface area contributed by atoms with Gasteiger partial charge in [0.05, 0.1) is 11.2 Å². The Hall–Kier alpha value is -2.50. The van der Waals surface area contributed by atoms with Gasteiger partial charge in [-0.25, -0.2) is 15.4 Å². The van der Waals surface area contributed by atoms with Crippen LogP contribution in [0.25, 0.3) is 10.9 Å². The van der Waals surface area contributed by atoms with Crippen molar-refractivity contribution in [3.05, 3.63) is 30.1 Å². The molecule has 1 aliphatic carbocycles. The summed E-state index contributed by atoms with van der Waals surface area (Å²) in [5.74, 6) is 0.988. The third kappa shape index (κ3) is 3.34. The van der Waals surface area contributed by atoms with Crippen molar-refractivity contribution in [1.82, 2.24) is 15.4 Å². The van der Waals surface area contributed by atoms with E-state index in [1.807, 2.05) is 19.1 Å². The Bertz CT molecular complexity index is 826. The molecule has 130 valence electrons. The lowest BCUT2D eigenvalue weighted by molar-refractivity contribution is -0.121. The number of carbonyl (C=O) groups is 1. The molecule has 2 aromatic rings. The Labute approximate surface area is 147 Å². The van der Waals surface area contributed by atoms with E-state index in [0.29, 0.717) is 12.5 Å². The Morgan fingerprint density at radius 3 is 2.80 bits per heavy atom. The zero-order valence-corrected chi connectivity index (χ0v) is 14.5. The van der Waals surface area contributed by atoms with Gasteiger partial charge in [0.2, 0.25) is 5.91 Å². The van der Waals surface area contributed by atoms with E-state index in [0.717, 1.165) is 28.0 Å². The first-order valence-corrected chi connectivity index (χ1v) is 9.09. The molecule has 1 aliphatic heterocycles. The van der Waals surface area contributed by atoms with E-state index in [-0.39, 0.29) is 11.8 Å². The first-order chi connectivity index (χ1) is 12.2. The standard InChI is InChI=1S/C19H23N5O/c1-12-9-17(25)23-24-18(12)13-7-8-15-16(10-13)20-11-21-19(15)22-14-5-3-2-4-6-14/h7-8,10-12,14H,2-6,9H2,1H3,(H,23,25)(H,20,21,22). The minimum absolute atomic E-state index is 0.0293. The van der Waals surface area contributed by atoms with Gasteiger partial charge in [0.25, 0.3) is 0 Å². The fourth-order valence-electron chi connectivity index (χ4n) is 3.77. The Morgan fingerprint density at radius 2 is 2.00 bits per heavy atom. The van der Waals surface area contributed by atoms with Gasteiger partial charge >= 0.3 is 0 Å². The lowest BCUT2D eigenvalue weighted by Gasteiger charge is -2.24. The first kappa shape index (κ1) is 16.0. The molecule has 1 amide bonds. The van der Waals surface area contributed by atoms with E-state index in [9.17, 15) is 4.79 Å². The molecule has 2 aliphatic rings. The summed E-state index contributed by atoms with van der Waals surface area (Å²) in [6.07, 6.45) is 8.40. The van der Waals surface area contributed by atoms with Crippen LogP contribution in [-0.2, 0) is 4.79 Å². The molecule has 1 unspecified atom stereocenters. The van der Waals surface area contributed by atoms with Crippen molar-refractivity contribution >= 4 is 28.3 Å². The number of nitrogens with zero attached hydrogens (tertiary/aromatic N) is 3. The molecule has 0 bridgehead atoms. The summed E-state index contributed by atoms with van der Waals surface area (Å²) in [6.45, 7) is 2.03. The van der Waals surface area contributed by atoms with Crippen molar-refractivity contribution in [3.8, 4) is 0 Å². The fourth-order valence-corrected chi connectivity index (χ4v) is 3.77. The lowest BCUT2D eigenvalue weighted by atomic mass is 9.93. The monoisotopic (exact) mass is 337 g/mol. The summed E-state index contributed by atoms with van der Waals surface area (Å²) >= 11 is 0. The number of hydrazone groups is 1. The molecule has 1 saturated carbocycles. The van der Waals surface area contributed by atoms with Crippen LogP contribution in [-0.4, -0.2) is 27.6 Å². The predicted molar refractivity (Wildman–Crippen MR) is 98.5 cm³/mol. The number of fused-ring (bicyclic) bond motifs is 1. The summed E-state index contributed by atoms with van der Waals surface area (Å²) in [5.41, 5.74) is 5.39. The average Bonchev–Trinajstić information content (AvgIpc) is 2.62. The normalized spacial score (nSPS) is 21.7. The first-order valence-electron chi connectivity index (χ1n) is 9.09. The van der Waals surface area contributed by atoms with Gasteiger partial charge in [0.15, 0.2) is 0 Å². The van der Waals surface area contributed by atoms with Crippen molar-refractivity contribution in [2.24, 2.45) is 11.0 Å². The number of carbonyl (C=O) groups excluding carboxylic acids is 1. The molecule has 1 fully saturated rings. The van der Waals surface area contributed by atoms with Crippen LogP contribution < -0.4 is 10.7 Å². The topological polar surface area (TPSA) is 79.3 Å². The van der Waals surface area contributed by atoms with Gasteiger partial charge in [-0.1, -0.05) is 32.3 Å². The smallest absolute Gasteiger partial charge is 0.240 e. The zero-order valence-electron chi connectivity index (χ0n) is 14.5. The van der Waals surface area contributed by atoms with E-state index in [1.54, 1.807) is 6.33 Å². The predicted octanol–water partition coefficient (Wildman–Crippen LogP) is 3.23. The molecule has 6 nitrogen and oxygen atoms in total. The van der Waals surface area contributed by atoms with Crippen LogP contribution in [0.3, 0.4) is 0 Å². The van der Waals surface area contributed by atoms with Crippen LogP contribution >= 0.6 is 0 Å². The minimum Gasteiger partial charge on any atom is -0.367 e. The van der Waals surface area contributed by atoms with E-state index in [2.05, 4.69) is 31.9 Å². The maximum absolute atomic E-state index is 11.4. The molecule has 1 aromatic carbocycles. The highest BCUT2D eigenvalue weighted by Crippen LogP contribution is 2.26. The Morgan fingerprint density at radius 1 is 1.16 bits per heavy atom. The number of hydrogen-bond acceptors (Lipinski definition) is 5. The van der Waals surface area contributed by atoms with Gasteiger partial charge in [-0.05, 0) is 25.0 Å². The van der Waals surface area contributed by atoms with E-state index in [1.165, 1.54) is 32.1 Å². The van der Waals surface area contributed by atoms with Gasteiger partial charge in [0, 0.05) is 29.3 Å². The maximum atomic E-state index is 11.4. The number of anilines is 1. The van der Waals surface area contributed by atoms with Gasteiger partial charge in [-0.3, -0.25) is 4.79 Å². The summed E-state index contributed by atoms with van der Waals surface area (Å²) in [4.78, 5) is 20.3. The molecule has 0 radical (unpaired) electrons. The highest BCUT2D eigenvalue weighted by Gasteiger charge is 2.22. The third-order valence-corrected chi connectivity index (χ3v) is 5.14. The Balaban J connectivity index is 1.64. The van der Waals surface area contributed by atoms with Crippen molar-refractivity contribution in [2.45, 2.75) is 51.5 Å². The van der Waals surface area contributed by atoms with Gasteiger partial charge in [0.1, 0.15) is 12.1 Å². The van der Waals surface area contributed by atoms with Crippen molar-refractivity contribution in [3.63, 3.8) is 0 Å². The second kappa shape index (κ2) is 6.78. The molecule has 6 heteroatoms. The second-order valence-corrected chi connectivity index (χ2v) is 7.07. The molecule has 1 aromatic heterocycles. The highest BCUT2D eigenvalue weighted by molar-refractivity contribution is 6.07. The lowest BCUT2D eigenvalue weighted by Crippen LogP contribution is -2.31. The van der Waals surface area contributed by atoms with Gasteiger partial charge in [-0.15, -0.1) is 0 Å². The zero-order chi connectivity index (χ0) is 17.2. The Kier molecular flexibility index (Phi) is 4.34. The van der Waals surface area contributed by atoms with E-state index < -0.39 is 0 Å². The van der Waals surface area contributed by atoms with Crippen molar-refractivity contribution < 1.29 is 4.79 Å². The molecule has 25 heavy (non-hydrogen) atoms. The second-order valence-electron chi connectivity index (χ2n) is 7.07. The summed E-state index contributed by atoms with van der Waals surface area (Å²) < 4.78 is 0. The summed E-state index contributed by atoms with van der Waals surface area (Å²) in [7, 11) is 0. The van der Waals surface area contributed by atoms with Crippen LogP contribution in [0.15, 0.2) is 29.6 Å². The minimum atomic E-state index is -0.0293. The number of benzene rings is 1. The molecular weight excluding hydrogens is 314 g/mol. The number of aromatic nitrogens is 2. The third-order valence-electron chi connectivity index (χ3n) is 5.14. The maximum Gasteiger partial charge on any atom is 0.240 e. The molecule has 0 saturated heterocycles. The van der Waals surface area contributed by atoms with Crippen LogP contribution in [0, 0.1) is 5.92 Å². The number of hydrogen-bond donors (Lipinski definition) is 2. The van der Waals surface area contributed by atoms with Crippen LogP contribution in [0.1, 0.15) is 51.0 Å². The average molecular weight is 337 g/mol. The molecule has 0 spiro atoms. The molecule has 2 heterocycles.